The quantitative estimate of drug-likeness (QED) is 0.186. The largest absolute Gasteiger partial charge is 0.455 e. The molecule has 1 atom stereocenters. The van der Waals surface area contributed by atoms with Gasteiger partial charge < -0.3 is 13.6 Å². The van der Waals surface area contributed by atoms with Gasteiger partial charge in [0.15, 0.2) is 0 Å². The third-order valence-corrected chi connectivity index (χ3v) is 10.7. The van der Waals surface area contributed by atoms with Crippen LogP contribution in [0.3, 0.4) is 0 Å². The molecule has 0 amide bonds. The molecule has 9 aromatic rings. The maximum Gasteiger partial charge on any atom is 0.145 e. The molecule has 1 aliphatic rings. The lowest BCUT2D eigenvalue weighted by Gasteiger charge is -2.09. The molecule has 238 valence electrons. The van der Waals surface area contributed by atoms with Gasteiger partial charge in [-0.05, 0) is 73.7 Å². The molecule has 4 nitrogen and oxygen atoms in total. The van der Waals surface area contributed by atoms with E-state index in [4.69, 9.17) is 9.40 Å². The summed E-state index contributed by atoms with van der Waals surface area (Å²) in [4.78, 5) is 5.99. The number of rotatable bonds is 2. The van der Waals surface area contributed by atoms with Crippen molar-refractivity contribution in [3.05, 3.63) is 145 Å². The summed E-state index contributed by atoms with van der Waals surface area (Å²) in [6, 6.07) is 41.2. The number of hydrogen-bond donors (Lipinski definition) is 0. The Morgan fingerprint density at radius 1 is 0.633 bits per heavy atom. The Morgan fingerprint density at radius 2 is 1.24 bits per heavy atom. The fourth-order valence-electron chi connectivity index (χ4n) is 7.52. The van der Waals surface area contributed by atoms with Crippen molar-refractivity contribution in [2.24, 2.45) is 0 Å². The molecule has 10 rings (SSSR count). The van der Waals surface area contributed by atoms with E-state index in [2.05, 4.69) is 143 Å². The molecule has 0 saturated heterocycles. The number of hydrogen-bond acceptors (Lipinski definition) is 3. The Labute approximate surface area is 289 Å². The zero-order valence-corrected chi connectivity index (χ0v) is 28.5. The standard InChI is InChI=1S/C42H29N3OS.C2H6/c1-26-17-18-28(19-22-33-38(47-26)16-9-25-43-33)45-35-15-8-6-13-32(35)40-37(45)24-21-30-29-20-23-36-39(41(29)46-42(30)40)31-12-5-7-14-34(31)44(36)27-10-3-2-4-11-27;1-2/h2-21,23-26H,22H2,1H3;1-2H3/b18-17-,28-19+;. The predicted molar refractivity (Wildman–Crippen MR) is 209 cm³/mol. The van der Waals surface area contributed by atoms with Crippen LogP contribution in [0.4, 0.5) is 0 Å². The van der Waals surface area contributed by atoms with E-state index in [0.717, 1.165) is 72.8 Å². The van der Waals surface area contributed by atoms with Crippen LogP contribution in [0.15, 0.2) is 149 Å². The third-order valence-electron chi connectivity index (χ3n) is 9.55. The van der Waals surface area contributed by atoms with Crippen LogP contribution in [-0.4, -0.2) is 19.4 Å². The smallest absolute Gasteiger partial charge is 0.145 e. The monoisotopic (exact) mass is 653 g/mol. The molecule has 49 heavy (non-hydrogen) atoms. The van der Waals surface area contributed by atoms with E-state index in [-0.39, 0.29) is 0 Å². The molecule has 0 fully saturated rings. The molecule has 0 N–H and O–H groups in total. The lowest BCUT2D eigenvalue weighted by atomic mass is 10.1. The highest BCUT2D eigenvalue weighted by Gasteiger charge is 2.22. The number of pyridine rings is 1. The number of fused-ring (bicyclic) bond motifs is 12. The molecule has 1 unspecified atom stereocenters. The summed E-state index contributed by atoms with van der Waals surface area (Å²) in [5.41, 5.74) is 9.88. The second-order valence-electron chi connectivity index (χ2n) is 12.3. The molecule has 0 bridgehead atoms. The second-order valence-corrected chi connectivity index (χ2v) is 13.7. The van der Waals surface area contributed by atoms with Crippen molar-refractivity contribution >= 4 is 83.0 Å². The number of thioether (sulfide) groups is 1. The van der Waals surface area contributed by atoms with Crippen LogP contribution in [0.2, 0.25) is 0 Å². The zero-order valence-electron chi connectivity index (χ0n) is 27.7. The summed E-state index contributed by atoms with van der Waals surface area (Å²) in [5, 5.41) is 7.25. The van der Waals surface area contributed by atoms with Gasteiger partial charge in [0, 0.05) is 55.7 Å². The first-order valence-corrected chi connectivity index (χ1v) is 18.0. The normalized spacial score (nSPS) is 16.6. The van der Waals surface area contributed by atoms with E-state index in [1.54, 1.807) is 0 Å². The van der Waals surface area contributed by atoms with Crippen molar-refractivity contribution in [1.82, 2.24) is 14.1 Å². The van der Waals surface area contributed by atoms with Crippen LogP contribution in [0.1, 0.15) is 26.5 Å². The number of nitrogens with zero attached hydrogens (tertiary/aromatic N) is 3. The second kappa shape index (κ2) is 11.9. The summed E-state index contributed by atoms with van der Waals surface area (Å²) >= 11 is 1.86. The Kier molecular flexibility index (Phi) is 7.17. The number of para-hydroxylation sites is 3. The van der Waals surface area contributed by atoms with Gasteiger partial charge in [-0.2, -0.15) is 0 Å². The molecule has 0 radical (unpaired) electrons. The minimum Gasteiger partial charge on any atom is -0.455 e. The van der Waals surface area contributed by atoms with Crippen LogP contribution < -0.4 is 0 Å². The van der Waals surface area contributed by atoms with E-state index in [1.807, 2.05) is 37.9 Å². The first-order valence-electron chi connectivity index (χ1n) is 17.1. The first-order chi connectivity index (χ1) is 24.2. The van der Waals surface area contributed by atoms with E-state index in [0.29, 0.717) is 5.25 Å². The first kappa shape index (κ1) is 29.6. The average molecular weight is 654 g/mol. The lowest BCUT2D eigenvalue weighted by Crippen LogP contribution is -1.97. The van der Waals surface area contributed by atoms with Crippen LogP contribution in [0.5, 0.6) is 0 Å². The fourth-order valence-corrected chi connectivity index (χ4v) is 8.51. The maximum atomic E-state index is 7.10. The highest BCUT2D eigenvalue weighted by Crippen LogP contribution is 2.45. The van der Waals surface area contributed by atoms with Crippen LogP contribution in [0, 0.1) is 0 Å². The predicted octanol–water partition coefficient (Wildman–Crippen LogP) is 12.3. The fraction of sp³-hybridized carbons (Fsp3) is 0.114. The summed E-state index contributed by atoms with van der Waals surface area (Å²) < 4.78 is 11.8. The number of aromatic nitrogens is 3. The zero-order chi connectivity index (χ0) is 33.1. The molecule has 0 aliphatic carbocycles. The van der Waals surface area contributed by atoms with Crippen molar-refractivity contribution in [3.8, 4) is 5.69 Å². The van der Waals surface area contributed by atoms with E-state index in [1.165, 1.54) is 21.2 Å². The number of benzene rings is 5. The summed E-state index contributed by atoms with van der Waals surface area (Å²) in [6.45, 7) is 6.25. The molecular formula is C44H35N3OS. The number of furan rings is 1. The SMILES string of the molecule is CC.CC1/C=C\C(n2c3ccccc3c3c4oc5c(ccc6c5c5ccccc5n6-c5ccccc5)c4ccc32)=C/Cc2ncccc2S1. The molecule has 0 spiro atoms. The van der Waals surface area contributed by atoms with Gasteiger partial charge in [-0.3, -0.25) is 4.98 Å². The van der Waals surface area contributed by atoms with Crippen LogP contribution in [-0.2, 0) is 6.42 Å². The van der Waals surface area contributed by atoms with Gasteiger partial charge in [0.1, 0.15) is 11.2 Å². The van der Waals surface area contributed by atoms with Gasteiger partial charge in [0.05, 0.1) is 38.5 Å². The van der Waals surface area contributed by atoms with E-state index in [9.17, 15) is 0 Å². The van der Waals surface area contributed by atoms with Gasteiger partial charge in [-0.1, -0.05) is 80.6 Å². The molecular weight excluding hydrogens is 619 g/mol. The van der Waals surface area contributed by atoms with E-state index < -0.39 is 0 Å². The van der Waals surface area contributed by atoms with Gasteiger partial charge >= 0.3 is 0 Å². The Hall–Kier alpha value is -5.52. The van der Waals surface area contributed by atoms with Crippen molar-refractivity contribution in [2.75, 3.05) is 0 Å². The van der Waals surface area contributed by atoms with Crippen molar-refractivity contribution in [3.63, 3.8) is 0 Å². The maximum absolute atomic E-state index is 7.10. The van der Waals surface area contributed by atoms with E-state index >= 15 is 0 Å². The molecule has 1 aliphatic heterocycles. The summed E-state index contributed by atoms with van der Waals surface area (Å²) in [6.07, 6.45) is 9.56. The topological polar surface area (TPSA) is 35.9 Å². The van der Waals surface area contributed by atoms with Crippen LogP contribution >= 0.6 is 11.8 Å². The minimum atomic E-state index is 0.315. The van der Waals surface area contributed by atoms with Crippen molar-refractivity contribution in [2.45, 2.75) is 37.3 Å². The van der Waals surface area contributed by atoms with Crippen LogP contribution in [0.25, 0.3) is 76.9 Å². The highest BCUT2D eigenvalue weighted by atomic mass is 32.2. The van der Waals surface area contributed by atoms with Gasteiger partial charge in [-0.25, -0.2) is 0 Å². The molecule has 5 heteroatoms. The average Bonchev–Trinajstić information content (AvgIpc) is 3.82. The summed E-state index contributed by atoms with van der Waals surface area (Å²) in [5.74, 6) is 0. The van der Waals surface area contributed by atoms with Crippen molar-refractivity contribution in [1.29, 1.82) is 0 Å². The van der Waals surface area contributed by atoms with Gasteiger partial charge in [0.2, 0.25) is 0 Å². The third kappa shape index (κ3) is 4.57. The Balaban J connectivity index is 0.00000160. The molecule has 0 saturated carbocycles. The Morgan fingerprint density at radius 3 is 1.94 bits per heavy atom. The van der Waals surface area contributed by atoms with Gasteiger partial charge in [-0.15, -0.1) is 11.8 Å². The highest BCUT2D eigenvalue weighted by molar-refractivity contribution is 8.00. The number of allylic oxidation sites excluding steroid dienone is 3. The molecule has 5 heterocycles. The van der Waals surface area contributed by atoms with Gasteiger partial charge in [0.25, 0.3) is 0 Å². The van der Waals surface area contributed by atoms with Crippen molar-refractivity contribution < 1.29 is 4.42 Å². The Bertz CT molecular complexity index is 2760. The molecule has 4 aromatic heterocycles. The lowest BCUT2D eigenvalue weighted by molar-refractivity contribution is 0.677. The summed E-state index contributed by atoms with van der Waals surface area (Å²) in [7, 11) is 0. The minimum absolute atomic E-state index is 0.315. The molecule has 5 aromatic carbocycles.